The van der Waals surface area contributed by atoms with Crippen LogP contribution < -0.4 is 0 Å². The zero-order chi connectivity index (χ0) is 13.7. The largest absolute Gasteiger partial charge is 0.465 e. The van der Waals surface area contributed by atoms with Crippen LogP contribution in [0.3, 0.4) is 0 Å². The summed E-state index contributed by atoms with van der Waals surface area (Å²) in [5, 5.41) is 9.25. The molecule has 1 aliphatic rings. The third-order valence-electron chi connectivity index (χ3n) is 3.68. The summed E-state index contributed by atoms with van der Waals surface area (Å²) >= 11 is 0. The summed E-state index contributed by atoms with van der Waals surface area (Å²) in [6, 6.07) is 7.56. The Morgan fingerprint density at radius 1 is 1.47 bits per heavy atom. The minimum absolute atomic E-state index is 0.245. The first-order chi connectivity index (χ1) is 9.24. The fraction of sp³-hybridized carbons (Fsp3) is 0.533. The van der Waals surface area contributed by atoms with E-state index in [9.17, 15) is 9.90 Å². The van der Waals surface area contributed by atoms with Crippen molar-refractivity contribution in [3.8, 4) is 0 Å². The SMILES string of the molecule is COC(=O)c1ccccc1CN1CCCC(CO)C1. The minimum atomic E-state index is -0.286. The number of benzene rings is 1. The molecule has 1 fully saturated rings. The number of aliphatic hydroxyl groups is 1. The van der Waals surface area contributed by atoms with Gasteiger partial charge in [-0.1, -0.05) is 18.2 Å². The van der Waals surface area contributed by atoms with E-state index in [0.29, 0.717) is 11.5 Å². The molecule has 1 aliphatic heterocycles. The number of rotatable bonds is 4. The fourth-order valence-electron chi connectivity index (χ4n) is 2.65. The van der Waals surface area contributed by atoms with Crippen LogP contribution >= 0.6 is 0 Å². The summed E-state index contributed by atoms with van der Waals surface area (Å²) < 4.78 is 4.81. The molecule has 4 heteroatoms. The number of carbonyl (C=O) groups excluding carboxylic acids is 1. The Morgan fingerprint density at radius 3 is 3.00 bits per heavy atom. The van der Waals surface area contributed by atoms with Crippen molar-refractivity contribution in [1.82, 2.24) is 4.90 Å². The normalized spacial score (nSPS) is 20.2. The molecule has 0 spiro atoms. The number of hydrogen-bond acceptors (Lipinski definition) is 4. The van der Waals surface area contributed by atoms with Gasteiger partial charge in [-0.25, -0.2) is 4.79 Å². The quantitative estimate of drug-likeness (QED) is 0.840. The average Bonchev–Trinajstić information content (AvgIpc) is 2.47. The highest BCUT2D eigenvalue weighted by Crippen LogP contribution is 2.20. The van der Waals surface area contributed by atoms with Crippen LogP contribution in [-0.4, -0.2) is 42.8 Å². The molecule has 1 heterocycles. The first-order valence-corrected chi connectivity index (χ1v) is 6.74. The maximum absolute atomic E-state index is 11.7. The number of esters is 1. The van der Waals surface area contributed by atoms with Crippen molar-refractivity contribution in [2.45, 2.75) is 19.4 Å². The Morgan fingerprint density at radius 2 is 2.26 bits per heavy atom. The van der Waals surface area contributed by atoms with Crippen LogP contribution in [0.2, 0.25) is 0 Å². The highest BCUT2D eigenvalue weighted by Gasteiger charge is 2.21. The van der Waals surface area contributed by atoms with E-state index in [-0.39, 0.29) is 12.6 Å². The third kappa shape index (κ3) is 3.55. The number of nitrogens with zero attached hydrogens (tertiary/aromatic N) is 1. The molecule has 1 atom stereocenters. The number of aliphatic hydroxyl groups excluding tert-OH is 1. The zero-order valence-corrected chi connectivity index (χ0v) is 11.3. The van der Waals surface area contributed by atoms with Crippen molar-refractivity contribution >= 4 is 5.97 Å². The highest BCUT2D eigenvalue weighted by atomic mass is 16.5. The lowest BCUT2D eigenvalue weighted by Gasteiger charge is -2.32. The molecular weight excluding hydrogens is 242 g/mol. The van der Waals surface area contributed by atoms with Gasteiger partial charge in [-0.3, -0.25) is 4.90 Å². The Bertz CT molecular complexity index is 433. The van der Waals surface area contributed by atoms with Gasteiger partial charge in [-0.05, 0) is 36.9 Å². The van der Waals surface area contributed by atoms with E-state index in [4.69, 9.17) is 4.74 Å². The fourth-order valence-corrected chi connectivity index (χ4v) is 2.65. The van der Waals surface area contributed by atoms with Crippen molar-refractivity contribution < 1.29 is 14.6 Å². The van der Waals surface area contributed by atoms with E-state index in [1.54, 1.807) is 6.07 Å². The van der Waals surface area contributed by atoms with E-state index in [1.165, 1.54) is 7.11 Å². The number of hydrogen-bond donors (Lipinski definition) is 1. The Balaban J connectivity index is 2.08. The van der Waals surface area contributed by atoms with E-state index in [2.05, 4.69) is 4.90 Å². The predicted molar refractivity (Wildman–Crippen MR) is 72.9 cm³/mol. The van der Waals surface area contributed by atoms with Crippen molar-refractivity contribution in [3.05, 3.63) is 35.4 Å². The van der Waals surface area contributed by atoms with Crippen LogP contribution in [0.15, 0.2) is 24.3 Å². The molecule has 1 unspecified atom stereocenters. The lowest BCUT2D eigenvalue weighted by molar-refractivity contribution is 0.0596. The Hall–Kier alpha value is -1.39. The van der Waals surface area contributed by atoms with Gasteiger partial charge in [0.2, 0.25) is 0 Å². The number of ether oxygens (including phenoxy) is 1. The molecule has 0 saturated carbocycles. The van der Waals surface area contributed by atoms with E-state index < -0.39 is 0 Å². The average molecular weight is 263 g/mol. The standard InChI is InChI=1S/C15H21NO3/c1-19-15(18)14-7-3-2-6-13(14)10-16-8-4-5-12(9-16)11-17/h2-3,6-7,12,17H,4-5,8-11H2,1H3. The number of piperidine rings is 1. The lowest BCUT2D eigenvalue weighted by Crippen LogP contribution is -2.36. The highest BCUT2D eigenvalue weighted by molar-refractivity contribution is 5.90. The van der Waals surface area contributed by atoms with Gasteiger partial charge in [0.25, 0.3) is 0 Å². The molecular formula is C15H21NO3. The van der Waals surface area contributed by atoms with E-state index >= 15 is 0 Å². The molecule has 4 nitrogen and oxygen atoms in total. The van der Waals surface area contributed by atoms with Crippen LogP contribution in [0.4, 0.5) is 0 Å². The van der Waals surface area contributed by atoms with Crippen LogP contribution in [0.1, 0.15) is 28.8 Å². The Kier molecular flexibility index (Phi) is 4.93. The Labute approximate surface area is 114 Å². The molecule has 0 aliphatic carbocycles. The van der Waals surface area contributed by atoms with E-state index in [1.807, 2.05) is 18.2 Å². The maximum atomic E-state index is 11.7. The van der Waals surface area contributed by atoms with Gasteiger partial charge in [-0.2, -0.15) is 0 Å². The number of likely N-dealkylation sites (tertiary alicyclic amines) is 1. The molecule has 0 bridgehead atoms. The molecule has 0 aromatic heterocycles. The summed E-state index contributed by atoms with van der Waals surface area (Å²) in [4.78, 5) is 14.0. The molecule has 0 amide bonds. The topological polar surface area (TPSA) is 49.8 Å². The molecule has 19 heavy (non-hydrogen) atoms. The van der Waals surface area contributed by atoms with Gasteiger partial charge >= 0.3 is 5.97 Å². The predicted octanol–water partition coefficient (Wildman–Crippen LogP) is 1.68. The molecule has 1 aromatic rings. The van der Waals surface area contributed by atoms with Crippen LogP contribution in [0, 0.1) is 5.92 Å². The monoisotopic (exact) mass is 263 g/mol. The first-order valence-electron chi connectivity index (χ1n) is 6.74. The molecule has 104 valence electrons. The first kappa shape index (κ1) is 14.0. The number of methoxy groups -OCH3 is 1. The van der Waals surface area contributed by atoms with E-state index in [0.717, 1.165) is 38.0 Å². The van der Waals surface area contributed by atoms with Gasteiger partial charge in [0.15, 0.2) is 0 Å². The second-order valence-corrected chi connectivity index (χ2v) is 5.07. The maximum Gasteiger partial charge on any atom is 0.338 e. The summed E-state index contributed by atoms with van der Waals surface area (Å²) in [5.74, 6) is 0.0744. The molecule has 1 N–H and O–H groups in total. The third-order valence-corrected chi connectivity index (χ3v) is 3.68. The van der Waals surface area contributed by atoms with Crippen LogP contribution in [-0.2, 0) is 11.3 Å². The van der Waals surface area contributed by atoms with Crippen LogP contribution in [0.25, 0.3) is 0 Å². The minimum Gasteiger partial charge on any atom is -0.465 e. The van der Waals surface area contributed by atoms with Gasteiger partial charge in [0.05, 0.1) is 12.7 Å². The lowest BCUT2D eigenvalue weighted by atomic mass is 9.98. The smallest absolute Gasteiger partial charge is 0.338 e. The summed E-state index contributed by atoms with van der Waals surface area (Å²) in [7, 11) is 1.40. The molecule has 1 saturated heterocycles. The summed E-state index contributed by atoms with van der Waals surface area (Å²) in [6.07, 6.45) is 2.19. The second kappa shape index (κ2) is 6.68. The summed E-state index contributed by atoms with van der Waals surface area (Å²) in [5.41, 5.74) is 1.63. The molecule has 1 aromatic carbocycles. The van der Waals surface area contributed by atoms with Crippen LogP contribution in [0.5, 0.6) is 0 Å². The van der Waals surface area contributed by atoms with Crippen molar-refractivity contribution in [2.24, 2.45) is 5.92 Å². The van der Waals surface area contributed by atoms with Gasteiger partial charge in [0, 0.05) is 19.7 Å². The van der Waals surface area contributed by atoms with Gasteiger partial charge in [0.1, 0.15) is 0 Å². The zero-order valence-electron chi connectivity index (χ0n) is 11.3. The van der Waals surface area contributed by atoms with Crippen molar-refractivity contribution in [2.75, 3.05) is 26.8 Å². The molecule has 0 radical (unpaired) electrons. The van der Waals surface area contributed by atoms with Crippen molar-refractivity contribution in [3.63, 3.8) is 0 Å². The second-order valence-electron chi connectivity index (χ2n) is 5.07. The van der Waals surface area contributed by atoms with Gasteiger partial charge in [-0.15, -0.1) is 0 Å². The summed E-state index contributed by atoms with van der Waals surface area (Å²) in [6.45, 7) is 2.90. The molecule has 2 rings (SSSR count). The van der Waals surface area contributed by atoms with Crippen molar-refractivity contribution in [1.29, 1.82) is 0 Å². The van der Waals surface area contributed by atoms with Gasteiger partial charge < -0.3 is 9.84 Å². The number of carbonyl (C=O) groups is 1.